The fourth-order valence-corrected chi connectivity index (χ4v) is 3.67. The van der Waals surface area contributed by atoms with Crippen LogP contribution in [0.2, 0.25) is 0 Å². The standard InChI is InChI=1S/C25H20F3N/c1-2-5-17-8-10-19(11-9-17)22-16-20(12-13-23(22)25(26,27)28)24-21-7-4-3-6-18(21)14-15-29-24/h3-4,6-16H,2,5H2,1H3. The smallest absolute Gasteiger partial charge is 0.256 e. The van der Waals surface area contributed by atoms with Crippen molar-refractivity contribution in [2.24, 2.45) is 0 Å². The lowest BCUT2D eigenvalue weighted by molar-refractivity contribution is -0.137. The van der Waals surface area contributed by atoms with Gasteiger partial charge >= 0.3 is 6.18 Å². The summed E-state index contributed by atoms with van der Waals surface area (Å²) in [4.78, 5) is 4.46. The zero-order valence-electron chi connectivity index (χ0n) is 16.0. The first-order chi connectivity index (χ1) is 14.0. The molecule has 0 saturated carbocycles. The summed E-state index contributed by atoms with van der Waals surface area (Å²) in [6.45, 7) is 2.08. The fourth-order valence-electron chi connectivity index (χ4n) is 3.67. The SMILES string of the molecule is CCCc1ccc(-c2cc(-c3nccc4ccccc34)ccc2C(F)(F)F)cc1. The molecule has 0 bridgehead atoms. The summed E-state index contributed by atoms with van der Waals surface area (Å²) >= 11 is 0. The van der Waals surface area contributed by atoms with Crippen molar-refractivity contribution in [3.63, 3.8) is 0 Å². The Bertz CT molecular complexity index is 1140. The number of fused-ring (bicyclic) bond motifs is 1. The van der Waals surface area contributed by atoms with Crippen LogP contribution < -0.4 is 0 Å². The van der Waals surface area contributed by atoms with Crippen molar-refractivity contribution in [3.05, 3.63) is 90.1 Å². The topological polar surface area (TPSA) is 12.9 Å². The van der Waals surface area contributed by atoms with Gasteiger partial charge in [-0.15, -0.1) is 0 Å². The van der Waals surface area contributed by atoms with Crippen LogP contribution >= 0.6 is 0 Å². The molecule has 29 heavy (non-hydrogen) atoms. The molecule has 0 N–H and O–H groups in total. The first-order valence-electron chi connectivity index (χ1n) is 9.62. The van der Waals surface area contributed by atoms with Crippen LogP contribution in [-0.4, -0.2) is 4.98 Å². The summed E-state index contributed by atoms with van der Waals surface area (Å²) in [6, 6.07) is 21.3. The van der Waals surface area contributed by atoms with E-state index in [0.29, 0.717) is 16.8 Å². The number of aromatic nitrogens is 1. The molecule has 0 unspecified atom stereocenters. The van der Waals surface area contributed by atoms with E-state index in [1.54, 1.807) is 24.4 Å². The molecule has 0 aliphatic carbocycles. The number of rotatable bonds is 4. The van der Waals surface area contributed by atoms with Gasteiger partial charge in [-0.1, -0.05) is 67.9 Å². The molecule has 1 heterocycles. The van der Waals surface area contributed by atoms with Gasteiger partial charge in [0.05, 0.1) is 11.3 Å². The Hall–Kier alpha value is -3.14. The highest BCUT2D eigenvalue weighted by Gasteiger charge is 2.33. The van der Waals surface area contributed by atoms with Crippen LogP contribution in [0.15, 0.2) is 79.0 Å². The average molecular weight is 391 g/mol. The van der Waals surface area contributed by atoms with Crippen LogP contribution in [0.4, 0.5) is 13.2 Å². The van der Waals surface area contributed by atoms with Crippen LogP contribution in [-0.2, 0) is 12.6 Å². The largest absolute Gasteiger partial charge is 0.417 e. The summed E-state index contributed by atoms with van der Waals surface area (Å²) in [5.41, 5.74) is 2.57. The van der Waals surface area contributed by atoms with Gasteiger partial charge in [-0.3, -0.25) is 4.98 Å². The lowest BCUT2D eigenvalue weighted by atomic mass is 9.93. The first kappa shape index (κ1) is 19.2. The number of hydrogen-bond acceptors (Lipinski definition) is 1. The Kier molecular flexibility index (Phi) is 5.10. The molecule has 1 aromatic heterocycles. The van der Waals surface area contributed by atoms with E-state index in [1.165, 1.54) is 6.07 Å². The van der Waals surface area contributed by atoms with Gasteiger partial charge < -0.3 is 0 Å². The minimum atomic E-state index is -4.43. The molecule has 0 saturated heterocycles. The lowest BCUT2D eigenvalue weighted by Gasteiger charge is -2.16. The molecule has 1 nitrogen and oxygen atoms in total. The molecule has 0 radical (unpaired) electrons. The number of hydrogen-bond donors (Lipinski definition) is 0. The molecule has 146 valence electrons. The van der Waals surface area contributed by atoms with Crippen molar-refractivity contribution in [2.45, 2.75) is 25.9 Å². The Morgan fingerprint density at radius 2 is 1.55 bits per heavy atom. The van der Waals surface area contributed by atoms with Crippen molar-refractivity contribution >= 4 is 10.8 Å². The molecular weight excluding hydrogens is 371 g/mol. The molecule has 0 aliphatic heterocycles. The summed E-state index contributed by atoms with van der Waals surface area (Å²) in [7, 11) is 0. The normalized spacial score (nSPS) is 11.7. The quantitative estimate of drug-likeness (QED) is 0.350. The third kappa shape index (κ3) is 3.88. The maximum Gasteiger partial charge on any atom is 0.417 e. The lowest BCUT2D eigenvalue weighted by Crippen LogP contribution is -2.07. The summed E-state index contributed by atoms with van der Waals surface area (Å²) in [5.74, 6) is 0. The monoisotopic (exact) mass is 391 g/mol. The molecule has 0 amide bonds. The first-order valence-corrected chi connectivity index (χ1v) is 9.62. The van der Waals surface area contributed by atoms with Gasteiger partial charge in [-0.25, -0.2) is 0 Å². The second kappa shape index (κ2) is 7.70. The molecule has 4 aromatic rings. The van der Waals surface area contributed by atoms with Crippen molar-refractivity contribution in [1.29, 1.82) is 0 Å². The van der Waals surface area contributed by atoms with E-state index in [2.05, 4.69) is 11.9 Å². The molecule has 0 spiro atoms. The van der Waals surface area contributed by atoms with E-state index >= 15 is 0 Å². The van der Waals surface area contributed by atoms with Crippen molar-refractivity contribution in [1.82, 2.24) is 4.98 Å². The van der Waals surface area contributed by atoms with E-state index in [4.69, 9.17) is 0 Å². The molecule has 3 aromatic carbocycles. The summed E-state index contributed by atoms with van der Waals surface area (Å²) in [6.07, 6.45) is -0.835. The van der Waals surface area contributed by atoms with Gasteiger partial charge in [0.1, 0.15) is 0 Å². The molecule has 0 fully saturated rings. The molecule has 4 heteroatoms. The average Bonchev–Trinajstić information content (AvgIpc) is 2.73. The van der Waals surface area contributed by atoms with Gasteiger partial charge in [-0.2, -0.15) is 13.2 Å². The number of nitrogens with zero attached hydrogens (tertiary/aromatic N) is 1. The third-order valence-electron chi connectivity index (χ3n) is 5.08. The van der Waals surface area contributed by atoms with Gasteiger partial charge in [0.25, 0.3) is 0 Å². The van der Waals surface area contributed by atoms with Crippen molar-refractivity contribution in [3.8, 4) is 22.4 Å². The maximum atomic E-state index is 13.7. The maximum absolute atomic E-state index is 13.7. The van der Waals surface area contributed by atoms with E-state index < -0.39 is 11.7 Å². The second-order valence-corrected chi connectivity index (χ2v) is 7.09. The number of alkyl halides is 3. The molecular formula is C25H20F3N. The van der Waals surface area contributed by atoms with E-state index in [-0.39, 0.29) is 5.56 Å². The van der Waals surface area contributed by atoms with Crippen LogP contribution in [0.1, 0.15) is 24.5 Å². The Morgan fingerprint density at radius 3 is 2.28 bits per heavy atom. The van der Waals surface area contributed by atoms with Gasteiger partial charge in [-0.05, 0) is 46.7 Å². The minimum absolute atomic E-state index is 0.174. The van der Waals surface area contributed by atoms with Gasteiger partial charge in [0, 0.05) is 17.1 Å². The molecule has 0 aliphatic rings. The highest BCUT2D eigenvalue weighted by molar-refractivity contribution is 5.95. The number of pyridine rings is 1. The third-order valence-corrected chi connectivity index (χ3v) is 5.08. The number of aryl methyl sites for hydroxylation is 1. The van der Waals surface area contributed by atoms with Crippen LogP contribution in [0, 0.1) is 0 Å². The van der Waals surface area contributed by atoms with E-state index in [9.17, 15) is 13.2 Å². The van der Waals surface area contributed by atoms with Gasteiger partial charge in [0.15, 0.2) is 0 Å². The van der Waals surface area contributed by atoms with Gasteiger partial charge in [0.2, 0.25) is 0 Å². The minimum Gasteiger partial charge on any atom is -0.256 e. The van der Waals surface area contributed by atoms with E-state index in [0.717, 1.165) is 35.2 Å². The second-order valence-electron chi connectivity index (χ2n) is 7.09. The predicted octanol–water partition coefficient (Wildman–Crippen LogP) is 7.54. The van der Waals surface area contributed by atoms with Crippen LogP contribution in [0.25, 0.3) is 33.2 Å². The number of benzene rings is 3. The zero-order valence-corrected chi connectivity index (χ0v) is 16.0. The van der Waals surface area contributed by atoms with Crippen molar-refractivity contribution in [2.75, 3.05) is 0 Å². The fraction of sp³-hybridized carbons (Fsp3) is 0.160. The number of halogens is 3. The zero-order chi connectivity index (χ0) is 20.4. The van der Waals surface area contributed by atoms with Crippen molar-refractivity contribution < 1.29 is 13.2 Å². The molecule has 0 atom stereocenters. The Labute approximate surface area is 167 Å². The van der Waals surface area contributed by atoms with Crippen LogP contribution in [0.5, 0.6) is 0 Å². The van der Waals surface area contributed by atoms with Crippen LogP contribution in [0.3, 0.4) is 0 Å². The summed E-state index contributed by atoms with van der Waals surface area (Å²) < 4.78 is 41.1. The highest BCUT2D eigenvalue weighted by atomic mass is 19.4. The Morgan fingerprint density at radius 1 is 0.828 bits per heavy atom. The molecule has 4 rings (SSSR count). The highest BCUT2D eigenvalue weighted by Crippen LogP contribution is 2.40. The van der Waals surface area contributed by atoms with E-state index in [1.807, 2.05) is 42.5 Å². The Balaban J connectivity index is 1.89. The summed E-state index contributed by atoms with van der Waals surface area (Å²) in [5, 5.41) is 1.92. The predicted molar refractivity (Wildman–Crippen MR) is 112 cm³/mol.